The predicted molar refractivity (Wildman–Crippen MR) is 125 cm³/mol. The monoisotopic (exact) mass is 502 g/mol. The van der Waals surface area contributed by atoms with Crippen molar-refractivity contribution in [3.8, 4) is 28.4 Å². The molecule has 0 bridgehead atoms. The summed E-state index contributed by atoms with van der Waals surface area (Å²) in [6, 6.07) is 11.7. The standard InChI is InChI=1S/C24H23ClN2O8/c1-13(22(28)32-3)35-21-16(25)11-14(12-17(21)31-2)19-18(23(29)33-4)20(24(30)34-5)27(26-19)15-9-7-6-8-10-15/h6-13H,1-5H3. The van der Waals surface area contributed by atoms with Gasteiger partial charge in [0.15, 0.2) is 23.3 Å². The number of carbonyl (C=O) groups excluding carboxylic acids is 3. The Balaban J connectivity index is 2.27. The van der Waals surface area contributed by atoms with Gasteiger partial charge in [-0.05, 0) is 31.2 Å². The van der Waals surface area contributed by atoms with E-state index in [1.165, 1.54) is 52.2 Å². The molecule has 3 aromatic rings. The first-order valence-corrected chi connectivity index (χ1v) is 10.6. The van der Waals surface area contributed by atoms with Gasteiger partial charge in [-0.1, -0.05) is 29.8 Å². The molecule has 184 valence electrons. The summed E-state index contributed by atoms with van der Waals surface area (Å²) in [5.74, 6) is -1.96. The van der Waals surface area contributed by atoms with Gasteiger partial charge in [0.25, 0.3) is 0 Å². The molecule has 35 heavy (non-hydrogen) atoms. The van der Waals surface area contributed by atoms with Crippen molar-refractivity contribution >= 4 is 29.5 Å². The summed E-state index contributed by atoms with van der Waals surface area (Å²) in [5.41, 5.74) is 0.668. The number of methoxy groups -OCH3 is 4. The van der Waals surface area contributed by atoms with Crippen LogP contribution in [0.3, 0.4) is 0 Å². The molecule has 2 aromatic carbocycles. The first-order chi connectivity index (χ1) is 16.8. The molecule has 0 spiro atoms. The number of aromatic nitrogens is 2. The smallest absolute Gasteiger partial charge is 0.357 e. The SMILES string of the molecule is COC(=O)c1c(-c2cc(Cl)c(OC(C)C(=O)OC)c(OC)c2)nn(-c2ccccc2)c1C(=O)OC. The summed E-state index contributed by atoms with van der Waals surface area (Å²) in [6.07, 6.45) is -0.967. The number of para-hydroxylation sites is 1. The van der Waals surface area contributed by atoms with Crippen LogP contribution in [0.25, 0.3) is 16.9 Å². The molecule has 3 rings (SSSR count). The van der Waals surface area contributed by atoms with Crippen LogP contribution in [0.5, 0.6) is 11.5 Å². The van der Waals surface area contributed by atoms with E-state index in [4.69, 9.17) is 30.5 Å². The molecule has 1 atom stereocenters. The molecule has 0 fully saturated rings. The molecule has 11 heteroatoms. The average Bonchev–Trinajstić information content (AvgIpc) is 3.29. The van der Waals surface area contributed by atoms with E-state index < -0.39 is 24.0 Å². The normalized spacial score (nSPS) is 11.4. The lowest BCUT2D eigenvalue weighted by molar-refractivity contribution is -0.147. The highest BCUT2D eigenvalue weighted by molar-refractivity contribution is 6.32. The van der Waals surface area contributed by atoms with Crippen molar-refractivity contribution in [3.63, 3.8) is 0 Å². The van der Waals surface area contributed by atoms with Crippen LogP contribution in [0.15, 0.2) is 42.5 Å². The number of rotatable bonds is 8. The van der Waals surface area contributed by atoms with Gasteiger partial charge in [0.2, 0.25) is 0 Å². The van der Waals surface area contributed by atoms with Crippen molar-refractivity contribution in [1.29, 1.82) is 0 Å². The summed E-state index contributed by atoms with van der Waals surface area (Å²) < 4.78 is 26.9. The van der Waals surface area contributed by atoms with Gasteiger partial charge in [-0.3, -0.25) is 0 Å². The van der Waals surface area contributed by atoms with Gasteiger partial charge in [-0.25, -0.2) is 19.1 Å². The van der Waals surface area contributed by atoms with Crippen molar-refractivity contribution in [1.82, 2.24) is 9.78 Å². The Kier molecular flexibility index (Phi) is 7.98. The number of benzene rings is 2. The van der Waals surface area contributed by atoms with E-state index in [9.17, 15) is 14.4 Å². The number of hydrogen-bond acceptors (Lipinski definition) is 9. The maximum absolute atomic E-state index is 12.8. The highest BCUT2D eigenvalue weighted by Crippen LogP contribution is 2.41. The number of halogens is 1. The molecule has 0 aliphatic carbocycles. The summed E-state index contributed by atoms with van der Waals surface area (Å²) in [5, 5.41) is 4.59. The fraction of sp³-hybridized carbons (Fsp3) is 0.250. The Morgan fingerprint density at radius 3 is 2.17 bits per heavy atom. The topological polar surface area (TPSA) is 115 Å². The molecular weight excluding hydrogens is 480 g/mol. The lowest BCUT2D eigenvalue weighted by atomic mass is 10.0. The molecule has 0 amide bonds. The van der Waals surface area contributed by atoms with Crippen LogP contribution in [0.1, 0.15) is 27.8 Å². The second-order valence-electron chi connectivity index (χ2n) is 7.08. The lowest BCUT2D eigenvalue weighted by Crippen LogP contribution is -2.25. The molecule has 0 saturated carbocycles. The van der Waals surface area contributed by atoms with E-state index in [0.29, 0.717) is 11.3 Å². The number of ether oxygens (including phenoxy) is 5. The summed E-state index contributed by atoms with van der Waals surface area (Å²) in [6.45, 7) is 1.50. The first kappa shape index (κ1) is 25.6. The third-order valence-electron chi connectivity index (χ3n) is 4.99. The van der Waals surface area contributed by atoms with Crippen LogP contribution < -0.4 is 9.47 Å². The van der Waals surface area contributed by atoms with Gasteiger partial charge in [0.1, 0.15) is 11.3 Å². The fourth-order valence-electron chi connectivity index (χ4n) is 3.32. The van der Waals surface area contributed by atoms with Gasteiger partial charge >= 0.3 is 17.9 Å². The minimum Gasteiger partial charge on any atom is -0.493 e. The van der Waals surface area contributed by atoms with Gasteiger partial charge in [0, 0.05) is 5.56 Å². The average molecular weight is 503 g/mol. The van der Waals surface area contributed by atoms with Crippen LogP contribution in [-0.2, 0) is 19.0 Å². The summed E-state index contributed by atoms with van der Waals surface area (Å²) in [4.78, 5) is 37.4. The molecule has 10 nitrogen and oxygen atoms in total. The van der Waals surface area contributed by atoms with Crippen LogP contribution in [0.4, 0.5) is 0 Å². The van der Waals surface area contributed by atoms with Crippen molar-refractivity contribution in [2.24, 2.45) is 0 Å². The van der Waals surface area contributed by atoms with Gasteiger partial charge < -0.3 is 23.7 Å². The van der Waals surface area contributed by atoms with Gasteiger partial charge in [-0.2, -0.15) is 5.10 Å². The van der Waals surface area contributed by atoms with Crippen molar-refractivity contribution in [2.45, 2.75) is 13.0 Å². The molecule has 0 saturated heterocycles. The maximum atomic E-state index is 12.8. The summed E-state index contributed by atoms with van der Waals surface area (Å²) in [7, 11) is 5.00. The Morgan fingerprint density at radius 1 is 0.943 bits per heavy atom. The zero-order valence-electron chi connectivity index (χ0n) is 19.7. The van der Waals surface area contributed by atoms with E-state index in [2.05, 4.69) is 9.84 Å². The summed E-state index contributed by atoms with van der Waals surface area (Å²) >= 11 is 6.47. The van der Waals surface area contributed by atoms with Gasteiger partial charge in [-0.15, -0.1) is 0 Å². The Bertz CT molecular complexity index is 1260. The lowest BCUT2D eigenvalue weighted by Gasteiger charge is -2.17. The minimum atomic E-state index is -0.967. The Hall–Kier alpha value is -4.05. The number of carbonyl (C=O) groups is 3. The number of esters is 3. The zero-order valence-corrected chi connectivity index (χ0v) is 20.4. The Labute approximate surface area is 206 Å². The molecule has 0 radical (unpaired) electrons. The van der Waals surface area contributed by atoms with Crippen LogP contribution >= 0.6 is 11.6 Å². The minimum absolute atomic E-state index is 0.0693. The highest BCUT2D eigenvalue weighted by atomic mass is 35.5. The predicted octanol–water partition coefficient (Wildman–Crippen LogP) is 3.71. The molecule has 0 aliphatic heterocycles. The third kappa shape index (κ3) is 5.07. The van der Waals surface area contributed by atoms with Crippen LogP contribution in [0.2, 0.25) is 5.02 Å². The van der Waals surface area contributed by atoms with Crippen molar-refractivity contribution < 1.29 is 38.1 Å². The molecule has 0 aliphatic rings. The van der Waals surface area contributed by atoms with E-state index in [0.717, 1.165) is 0 Å². The molecular formula is C24H23ClN2O8. The van der Waals surface area contributed by atoms with E-state index >= 15 is 0 Å². The number of hydrogen-bond donors (Lipinski definition) is 0. The second-order valence-corrected chi connectivity index (χ2v) is 7.48. The van der Waals surface area contributed by atoms with Crippen molar-refractivity contribution in [3.05, 3.63) is 58.7 Å². The van der Waals surface area contributed by atoms with Gasteiger partial charge in [0.05, 0.1) is 39.1 Å². The largest absolute Gasteiger partial charge is 0.493 e. The van der Waals surface area contributed by atoms with Crippen molar-refractivity contribution in [2.75, 3.05) is 28.4 Å². The van der Waals surface area contributed by atoms with Crippen LogP contribution in [0, 0.1) is 0 Å². The fourth-order valence-corrected chi connectivity index (χ4v) is 3.57. The maximum Gasteiger partial charge on any atom is 0.357 e. The molecule has 0 N–H and O–H groups in total. The zero-order chi connectivity index (χ0) is 25.7. The molecule has 1 heterocycles. The Morgan fingerprint density at radius 2 is 1.60 bits per heavy atom. The first-order valence-electron chi connectivity index (χ1n) is 10.2. The molecule has 1 aromatic heterocycles. The van der Waals surface area contributed by atoms with E-state index in [1.807, 2.05) is 0 Å². The quantitative estimate of drug-likeness (QED) is 0.335. The van der Waals surface area contributed by atoms with E-state index in [-0.39, 0.29) is 33.5 Å². The third-order valence-corrected chi connectivity index (χ3v) is 5.27. The second kappa shape index (κ2) is 10.9. The highest BCUT2D eigenvalue weighted by Gasteiger charge is 2.32. The van der Waals surface area contributed by atoms with E-state index in [1.54, 1.807) is 30.3 Å². The van der Waals surface area contributed by atoms with Crippen LogP contribution in [-0.4, -0.2) is 62.2 Å². The molecule has 1 unspecified atom stereocenters. The number of nitrogens with zero attached hydrogens (tertiary/aromatic N) is 2.